The Morgan fingerprint density at radius 1 is 0.913 bits per heavy atom. The Bertz CT molecular complexity index is 2880. The second-order valence-electron chi connectivity index (χ2n) is 18.7. The molecule has 3 aromatic carbocycles. The van der Waals surface area contributed by atoms with E-state index in [0.717, 1.165) is 54.8 Å². The molecule has 360 valence electrons. The van der Waals surface area contributed by atoms with Crippen LogP contribution in [0.25, 0.3) is 16.3 Å². The molecule has 69 heavy (non-hydrogen) atoms. The lowest BCUT2D eigenvalue weighted by atomic mass is 9.85. The van der Waals surface area contributed by atoms with Gasteiger partial charge >= 0.3 is 0 Å². The molecule has 5 heterocycles. The molecule has 5 N–H and O–H groups in total. The third-order valence-corrected chi connectivity index (χ3v) is 14.0. The van der Waals surface area contributed by atoms with Crippen LogP contribution in [0, 0.1) is 33.1 Å². The number of β-amino-alcohol motifs (C(OH)–C–C–N with tert-alkyl or cyclic N) is 1. The summed E-state index contributed by atoms with van der Waals surface area (Å²) in [5, 5.41) is 29.9. The van der Waals surface area contributed by atoms with Gasteiger partial charge in [0.15, 0.2) is 5.82 Å². The van der Waals surface area contributed by atoms with Gasteiger partial charge in [-0.3, -0.25) is 28.7 Å². The van der Waals surface area contributed by atoms with E-state index in [1.807, 2.05) is 87.7 Å². The van der Waals surface area contributed by atoms with E-state index < -0.39 is 35.6 Å². The molecule has 4 atom stereocenters. The molecule has 4 amide bonds. The number of H-pyrrole nitrogens is 1. The minimum Gasteiger partial charge on any atom is -0.492 e. The first kappa shape index (κ1) is 48.8. The number of hydrogen-bond donors (Lipinski definition) is 5. The first-order valence-corrected chi connectivity index (χ1v) is 24.1. The number of aliphatic hydroxyl groups excluding tert-OH is 1. The lowest BCUT2D eigenvalue weighted by Crippen LogP contribution is -2.58. The monoisotopic (exact) mass is 972 g/mol. The number of carbonyl (C=O) groups is 4. The summed E-state index contributed by atoms with van der Waals surface area (Å²) in [4.78, 5) is 69.7. The number of aromatic amines is 1. The molecule has 8 rings (SSSR count). The van der Waals surface area contributed by atoms with Crippen molar-refractivity contribution in [3.05, 3.63) is 134 Å². The number of ether oxygens (including phenoxy) is 1. The molecule has 1 saturated heterocycles. The minimum atomic E-state index is -0.966. The lowest BCUT2D eigenvalue weighted by molar-refractivity contribution is -0.144. The van der Waals surface area contributed by atoms with Gasteiger partial charge in [0, 0.05) is 40.5 Å². The van der Waals surface area contributed by atoms with Crippen molar-refractivity contribution in [2.45, 2.75) is 98.5 Å². The molecular formula is C51H57ClN10O6S. The van der Waals surface area contributed by atoms with Gasteiger partial charge in [0.05, 0.1) is 48.9 Å². The second kappa shape index (κ2) is 20.5. The van der Waals surface area contributed by atoms with Crippen molar-refractivity contribution in [3.63, 3.8) is 0 Å². The number of fused-ring (bicyclic) bond motifs is 3. The summed E-state index contributed by atoms with van der Waals surface area (Å²) in [6.07, 6.45) is 0.881. The lowest BCUT2D eigenvalue weighted by Gasteiger charge is -2.35. The van der Waals surface area contributed by atoms with Gasteiger partial charge in [0.25, 0.3) is 0 Å². The molecule has 0 bridgehead atoms. The number of halogens is 1. The van der Waals surface area contributed by atoms with Crippen molar-refractivity contribution in [2.24, 2.45) is 10.4 Å². The molecule has 3 aromatic heterocycles. The Morgan fingerprint density at radius 2 is 1.61 bits per heavy atom. The average Bonchev–Trinajstić information content (AvgIpc) is 4.09. The number of hydrogen-bond acceptors (Lipinski definition) is 11. The number of thiophene rings is 1. The summed E-state index contributed by atoms with van der Waals surface area (Å²) in [5.41, 5.74) is 7.40. The second-order valence-corrected chi connectivity index (χ2v) is 20.3. The van der Waals surface area contributed by atoms with Crippen LogP contribution in [0.15, 0.2) is 84.1 Å². The normalized spacial score (nSPS) is 17.0. The third-order valence-electron chi connectivity index (χ3n) is 12.5. The number of aromatic nitrogens is 5. The maximum absolute atomic E-state index is 14.2. The van der Waals surface area contributed by atoms with Crippen LogP contribution >= 0.6 is 22.9 Å². The quantitative estimate of drug-likeness (QED) is 0.0717. The fourth-order valence-corrected chi connectivity index (χ4v) is 10.1. The number of likely N-dealkylation sites (tertiary alicyclic amines) is 1. The number of aryl methyl sites for hydroxylation is 3. The summed E-state index contributed by atoms with van der Waals surface area (Å²) in [5.74, 6) is 0.442. The number of rotatable bonds is 15. The van der Waals surface area contributed by atoms with E-state index in [1.165, 1.54) is 4.90 Å². The van der Waals surface area contributed by atoms with Gasteiger partial charge in [0.2, 0.25) is 23.6 Å². The molecule has 0 unspecified atom stereocenters. The maximum Gasteiger partial charge on any atom is 0.246 e. The number of amides is 4. The smallest absolute Gasteiger partial charge is 0.246 e. The summed E-state index contributed by atoms with van der Waals surface area (Å²) in [7, 11) is 0. The zero-order valence-electron chi connectivity index (χ0n) is 39.7. The highest BCUT2D eigenvalue weighted by atomic mass is 35.5. The van der Waals surface area contributed by atoms with E-state index in [1.54, 1.807) is 41.9 Å². The van der Waals surface area contributed by atoms with Gasteiger partial charge in [0.1, 0.15) is 41.3 Å². The van der Waals surface area contributed by atoms with E-state index in [0.29, 0.717) is 28.0 Å². The van der Waals surface area contributed by atoms with Gasteiger partial charge in [-0.25, -0.2) is 4.98 Å². The molecule has 1 fully saturated rings. The van der Waals surface area contributed by atoms with E-state index in [2.05, 4.69) is 50.0 Å². The van der Waals surface area contributed by atoms with Crippen LogP contribution < -0.4 is 20.7 Å². The van der Waals surface area contributed by atoms with Crippen molar-refractivity contribution in [3.8, 4) is 22.0 Å². The van der Waals surface area contributed by atoms with Gasteiger partial charge in [-0.1, -0.05) is 80.9 Å². The molecule has 0 saturated carbocycles. The van der Waals surface area contributed by atoms with Gasteiger partial charge in [-0.2, -0.15) is 0 Å². The Kier molecular flexibility index (Phi) is 14.5. The predicted molar refractivity (Wildman–Crippen MR) is 265 cm³/mol. The first-order valence-electron chi connectivity index (χ1n) is 22.9. The molecular weight excluding hydrogens is 916 g/mol. The number of aliphatic imine (C=N–C) groups is 1. The summed E-state index contributed by atoms with van der Waals surface area (Å²) in [6, 6.07) is 19.8. The van der Waals surface area contributed by atoms with Crippen molar-refractivity contribution < 1.29 is 29.0 Å². The Labute approximate surface area is 410 Å². The number of imidazole rings is 1. The minimum absolute atomic E-state index is 0.00914. The van der Waals surface area contributed by atoms with Crippen molar-refractivity contribution in [1.29, 1.82) is 0 Å². The first-order chi connectivity index (χ1) is 32.9. The molecule has 2 aliphatic heterocycles. The number of nitrogens with one attached hydrogen (secondary N) is 4. The van der Waals surface area contributed by atoms with E-state index in [4.69, 9.17) is 21.3 Å². The number of nitrogens with zero attached hydrogens (tertiary/aromatic N) is 6. The van der Waals surface area contributed by atoms with E-state index in [-0.39, 0.29) is 63.2 Å². The molecule has 0 spiro atoms. The highest BCUT2D eigenvalue weighted by molar-refractivity contribution is 7.15. The standard InChI is InChI=1S/C51H57ClN10O6S/c1-28-30(3)69-50-43(28)45(35-14-16-36(52)17-15-35)57-39(47-60-59-31(4)62(47)50)24-41(64)53-20-21-68-38-18-10-32(11-19-38)22-42(65)58-46(51(5,6)7)49(67)61-26-37(63)23-40(61)48(66)54-25-33-8-12-34(13-9-33)44-29(2)55-27-56-44/h8-19,27,37,39-40,46,63H,20-26H2,1-7H3,(H,53,64)(H,54,66)(H,55,56)(H,58,65)/t37-,39+,40+,46-/m1/s1. The highest BCUT2D eigenvalue weighted by Crippen LogP contribution is 2.40. The Morgan fingerprint density at radius 3 is 2.29 bits per heavy atom. The third kappa shape index (κ3) is 11.0. The van der Waals surface area contributed by atoms with E-state index >= 15 is 0 Å². The molecule has 0 radical (unpaired) electrons. The van der Waals surface area contributed by atoms with Crippen molar-refractivity contribution in [2.75, 3.05) is 19.7 Å². The van der Waals surface area contributed by atoms with Crippen LogP contribution in [0.1, 0.15) is 89.7 Å². The van der Waals surface area contributed by atoms with Gasteiger partial charge in [-0.05, 0) is 79.6 Å². The van der Waals surface area contributed by atoms with E-state index in [9.17, 15) is 24.3 Å². The predicted octanol–water partition coefficient (Wildman–Crippen LogP) is 6.43. The number of benzene rings is 3. The zero-order chi connectivity index (χ0) is 49.1. The van der Waals surface area contributed by atoms with Crippen LogP contribution in [0.5, 0.6) is 5.75 Å². The SMILES string of the molecule is Cc1nc[nH]c1-c1ccc(CNC(=O)[C@@H]2C[C@@H](O)CN2C(=O)[C@@H](NC(=O)Cc2ccc(OCCNC(=O)C[C@@H]3N=C(c4ccc(Cl)cc4)c4c(sc(C)c4C)-n4c(C)nnc43)cc2)C(C)(C)C)cc1. The van der Waals surface area contributed by atoms with Crippen LogP contribution in [0.3, 0.4) is 0 Å². The van der Waals surface area contributed by atoms with Crippen LogP contribution in [-0.4, -0.2) is 102 Å². The van der Waals surface area contributed by atoms with Crippen LogP contribution in [0.2, 0.25) is 5.02 Å². The topological polar surface area (TPSA) is 209 Å². The molecule has 18 heteroatoms. The molecule has 0 aliphatic carbocycles. The van der Waals surface area contributed by atoms with Crippen molar-refractivity contribution in [1.82, 2.24) is 45.6 Å². The Balaban J connectivity index is 0.829. The summed E-state index contributed by atoms with van der Waals surface area (Å²) < 4.78 is 7.95. The Hall–Kier alpha value is -6.69. The number of aliphatic hydroxyl groups is 1. The maximum atomic E-state index is 14.2. The fourth-order valence-electron chi connectivity index (χ4n) is 8.71. The molecule has 16 nitrogen and oxygen atoms in total. The van der Waals surface area contributed by atoms with Gasteiger partial charge < -0.3 is 35.7 Å². The molecule has 2 aliphatic rings. The fraction of sp³-hybridized carbons (Fsp3) is 0.373. The van der Waals surface area contributed by atoms with Crippen LogP contribution in [-0.2, 0) is 32.1 Å². The summed E-state index contributed by atoms with van der Waals surface area (Å²) >= 11 is 7.90. The largest absolute Gasteiger partial charge is 0.492 e. The van der Waals surface area contributed by atoms with Gasteiger partial charge in [-0.15, -0.1) is 21.5 Å². The van der Waals surface area contributed by atoms with Crippen molar-refractivity contribution >= 4 is 52.3 Å². The average molecular weight is 974 g/mol. The highest BCUT2D eigenvalue weighted by Gasteiger charge is 2.44. The summed E-state index contributed by atoms with van der Waals surface area (Å²) in [6.45, 7) is 14.2. The zero-order valence-corrected chi connectivity index (χ0v) is 41.3. The number of carbonyl (C=O) groups excluding carboxylic acids is 4. The molecule has 6 aromatic rings. The van der Waals surface area contributed by atoms with Crippen LogP contribution in [0.4, 0.5) is 0 Å².